The molecule has 2 aromatic carbocycles. The van der Waals surface area contributed by atoms with Crippen LogP contribution in [-0.4, -0.2) is 62.7 Å². The van der Waals surface area contributed by atoms with Gasteiger partial charge in [0.05, 0.1) is 16.9 Å². The third kappa shape index (κ3) is 7.39. The van der Waals surface area contributed by atoms with Gasteiger partial charge in [-0.15, -0.1) is 0 Å². The molecule has 10 nitrogen and oxygen atoms in total. The predicted octanol–water partition coefficient (Wildman–Crippen LogP) is 6.61. The number of aromatic nitrogens is 4. The van der Waals surface area contributed by atoms with Crippen molar-refractivity contribution in [2.45, 2.75) is 50.7 Å². The van der Waals surface area contributed by atoms with Gasteiger partial charge >= 0.3 is 18.3 Å². The number of hydrogen-bond donors (Lipinski definition) is 3. The van der Waals surface area contributed by atoms with E-state index in [2.05, 4.69) is 20.4 Å². The number of halogens is 7. The summed E-state index contributed by atoms with van der Waals surface area (Å²) >= 11 is 5.99. The fourth-order valence-corrected chi connectivity index (χ4v) is 6.61. The van der Waals surface area contributed by atoms with E-state index in [-0.39, 0.29) is 39.0 Å². The zero-order chi connectivity index (χ0) is 35.3. The van der Waals surface area contributed by atoms with Gasteiger partial charge in [-0.1, -0.05) is 23.7 Å². The number of aryl methyl sites for hydroxylation is 1. The highest BCUT2D eigenvalue weighted by molar-refractivity contribution is 6.31. The van der Waals surface area contributed by atoms with Crippen molar-refractivity contribution in [3.63, 3.8) is 0 Å². The van der Waals surface area contributed by atoms with Crippen LogP contribution in [0.25, 0.3) is 16.8 Å². The van der Waals surface area contributed by atoms with E-state index in [1.165, 1.54) is 35.1 Å². The van der Waals surface area contributed by atoms with Gasteiger partial charge < -0.3 is 25.8 Å². The Morgan fingerprint density at radius 3 is 2.41 bits per heavy atom. The maximum atomic E-state index is 14.8. The molecule has 0 saturated carbocycles. The lowest BCUT2D eigenvalue weighted by molar-refractivity contribution is -0.198. The molecule has 2 atom stereocenters. The topological polar surface area (TPSA) is 131 Å². The van der Waals surface area contributed by atoms with Gasteiger partial charge in [0.1, 0.15) is 11.9 Å². The minimum atomic E-state index is -4.99. The van der Waals surface area contributed by atoms with E-state index in [1.54, 1.807) is 13.0 Å². The summed E-state index contributed by atoms with van der Waals surface area (Å²) < 4.78 is 91.9. The highest BCUT2D eigenvalue weighted by Gasteiger charge is 2.46. The molecule has 2 aromatic heterocycles. The van der Waals surface area contributed by atoms with Crippen LogP contribution in [0.15, 0.2) is 54.7 Å². The number of benzene rings is 2. The number of ether oxygens (including phenoxy) is 1. The Morgan fingerprint density at radius 2 is 1.80 bits per heavy atom. The normalized spacial score (nSPS) is 18.5. The molecule has 4 heterocycles. The minimum absolute atomic E-state index is 0.0318. The van der Waals surface area contributed by atoms with Crippen LogP contribution in [0.4, 0.5) is 38.1 Å². The average Bonchev–Trinajstić information content (AvgIpc) is 3.65. The van der Waals surface area contributed by atoms with E-state index in [4.69, 9.17) is 22.1 Å². The molecular formula is C32H30ClF6N7O3. The Labute approximate surface area is 280 Å². The predicted molar refractivity (Wildman–Crippen MR) is 168 cm³/mol. The second-order valence-corrected chi connectivity index (χ2v) is 12.8. The standard InChI is InChI=1S/C32H30ClF6N7O3/c1-17-4-7-46(44-17)24-12-18(19-10-20(31(34,35)36)13-21(33)11-19)2-3-22(24)27(32(37,38)39)49-26-14-25(42-29(40)43-26)45-8-5-30(6-9-45)15-23(28(47)48)41-16-30/h2-4,7,10-14,23,27,41H,5-6,8-9,15-16H2,1H3,(H,47,48)(H2,40,42,43). The molecule has 0 aliphatic carbocycles. The van der Waals surface area contributed by atoms with Crippen LogP contribution in [0.5, 0.6) is 5.88 Å². The first-order chi connectivity index (χ1) is 23.0. The number of rotatable bonds is 7. The second-order valence-electron chi connectivity index (χ2n) is 12.3. The third-order valence-corrected chi connectivity index (χ3v) is 9.11. The number of anilines is 2. The second kappa shape index (κ2) is 12.7. The number of nitrogen functional groups attached to an aromatic ring is 1. The summed E-state index contributed by atoms with van der Waals surface area (Å²) in [6, 6.07) is 8.74. The summed E-state index contributed by atoms with van der Waals surface area (Å²) in [5.74, 6) is -1.43. The minimum Gasteiger partial charge on any atom is -0.480 e. The SMILES string of the molecule is Cc1ccn(-c2cc(-c3cc(Cl)cc(C(F)(F)F)c3)ccc2C(Oc2cc(N3CCC4(CC3)CNC(C(=O)O)C4)nc(N)n2)C(F)(F)F)n1. The van der Waals surface area contributed by atoms with Crippen molar-refractivity contribution in [1.29, 1.82) is 0 Å². The van der Waals surface area contributed by atoms with Gasteiger partial charge in [-0.2, -0.15) is 41.4 Å². The molecule has 0 amide bonds. The molecule has 1 spiro atoms. The van der Waals surface area contributed by atoms with Crippen LogP contribution in [0.2, 0.25) is 5.02 Å². The average molecular weight is 710 g/mol. The number of nitrogens with two attached hydrogens (primary N) is 1. The summed E-state index contributed by atoms with van der Waals surface area (Å²) in [5, 5.41) is 16.5. The molecular weight excluding hydrogens is 680 g/mol. The number of carbonyl (C=O) groups is 1. The maximum Gasteiger partial charge on any atom is 0.429 e. The molecule has 2 unspecified atom stereocenters. The van der Waals surface area contributed by atoms with E-state index in [1.807, 2.05) is 4.90 Å². The van der Waals surface area contributed by atoms with E-state index in [0.717, 1.165) is 18.2 Å². The quantitative estimate of drug-likeness (QED) is 0.182. The van der Waals surface area contributed by atoms with E-state index >= 15 is 0 Å². The Kier molecular flexibility index (Phi) is 8.90. The molecule has 6 rings (SSSR count). The van der Waals surface area contributed by atoms with Crippen LogP contribution in [-0.2, 0) is 11.0 Å². The molecule has 2 fully saturated rings. The van der Waals surface area contributed by atoms with Gasteiger partial charge in [-0.25, -0.2) is 4.68 Å². The van der Waals surface area contributed by atoms with Crippen molar-refractivity contribution in [1.82, 2.24) is 25.1 Å². The summed E-state index contributed by atoms with van der Waals surface area (Å²) in [7, 11) is 0. The highest BCUT2D eigenvalue weighted by atomic mass is 35.5. The van der Waals surface area contributed by atoms with Crippen molar-refractivity contribution in [2.24, 2.45) is 5.41 Å². The van der Waals surface area contributed by atoms with Crippen molar-refractivity contribution in [2.75, 3.05) is 30.3 Å². The first-order valence-electron chi connectivity index (χ1n) is 15.1. The zero-order valence-electron chi connectivity index (χ0n) is 25.8. The highest BCUT2D eigenvalue weighted by Crippen LogP contribution is 2.43. The largest absolute Gasteiger partial charge is 0.480 e. The molecule has 260 valence electrons. The summed E-state index contributed by atoms with van der Waals surface area (Å²) in [5.41, 5.74) is 4.87. The van der Waals surface area contributed by atoms with Crippen molar-refractivity contribution < 1.29 is 41.0 Å². The molecule has 0 radical (unpaired) electrons. The molecule has 4 N–H and O–H groups in total. The number of hydrogen-bond acceptors (Lipinski definition) is 8. The number of nitrogens with zero attached hydrogens (tertiary/aromatic N) is 5. The molecule has 0 bridgehead atoms. The van der Waals surface area contributed by atoms with Crippen LogP contribution >= 0.6 is 11.6 Å². The molecule has 4 aromatic rings. The zero-order valence-corrected chi connectivity index (χ0v) is 26.6. The molecule has 2 aliphatic rings. The Bertz CT molecular complexity index is 1870. The van der Waals surface area contributed by atoms with Gasteiger partial charge in [0.2, 0.25) is 17.9 Å². The smallest absolute Gasteiger partial charge is 0.429 e. The molecule has 2 saturated heterocycles. The number of carboxylic acids is 1. The van der Waals surface area contributed by atoms with Crippen molar-refractivity contribution in [3.8, 4) is 22.7 Å². The summed E-state index contributed by atoms with van der Waals surface area (Å²) in [4.78, 5) is 21.4. The van der Waals surface area contributed by atoms with Crippen LogP contribution in [0, 0.1) is 12.3 Å². The van der Waals surface area contributed by atoms with E-state index in [0.29, 0.717) is 44.6 Å². The number of alkyl halides is 6. The lowest BCUT2D eigenvalue weighted by Gasteiger charge is -2.39. The van der Waals surface area contributed by atoms with Crippen molar-refractivity contribution in [3.05, 3.63) is 76.6 Å². The Morgan fingerprint density at radius 1 is 1.06 bits per heavy atom. The summed E-state index contributed by atoms with van der Waals surface area (Å²) in [6.45, 7) is 3.08. The molecule has 49 heavy (non-hydrogen) atoms. The Hall–Kier alpha value is -4.57. The third-order valence-electron chi connectivity index (χ3n) is 8.89. The monoisotopic (exact) mass is 709 g/mol. The van der Waals surface area contributed by atoms with Crippen LogP contribution < -0.4 is 20.7 Å². The molecule has 2 aliphatic heterocycles. The number of aliphatic carboxylic acids is 1. The van der Waals surface area contributed by atoms with Gasteiger partial charge in [-0.05, 0) is 73.1 Å². The van der Waals surface area contributed by atoms with Gasteiger partial charge in [0.25, 0.3) is 0 Å². The van der Waals surface area contributed by atoms with Crippen LogP contribution in [0.3, 0.4) is 0 Å². The summed E-state index contributed by atoms with van der Waals surface area (Å²) in [6.07, 6.45) is -9.15. The van der Waals surface area contributed by atoms with E-state index in [9.17, 15) is 36.2 Å². The maximum absolute atomic E-state index is 14.8. The number of nitrogens with one attached hydrogen (secondary N) is 1. The fourth-order valence-electron chi connectivity index (χ4n) is 6.38. The van der Waals surface area contributed by atoms with Gasteiger partial charge in [0, 0.05) is 42.5 Å². The van der Waals surface area contributed by atoms with E-state index < -0.39 is 47.5 Å². The van der Waals surface area contributed by atoms with Gasteiger partial charge in [-0.3, -0.25) is 4.79 Å². The first-order valence-corrected chi connectivity index (χ1v) is 15.5. The molecule has 17 heteroatoms. The number of carboxylic acid groups (broad SMARTS) is 1. The van der Waals surface area contributed by atoms with Crippen molar-refractivity contribution >= 4 is 29.3 Å². The first kappa shape index (κ1) is 34.3. The lowest BCUT2D eigenvalue weighted by atomic mass is 9.76. The lowest BCUT2D eigenvalue weighted by Crippen LogP contribution is -2.41. The number of piperidine rings is 1. The Balaban J connectivity index is 1.33. The van der Waals surface area contributed by atoms with Crippen LogP contribution in [0.1, 0.15) is 42.2 Å². The van der Waals surface area contributed by atoms with Gasteiger partial charge in [0.15, 0.2) is 0 Å². The fraction of sp³-hybridized carbons (Fsp3) is 0.375.